The van der Waals surface area contributed by atoms with Crippen LogP contribution in [-0.2, 0) is 16.0 Å². The van der Waals surface area contributed by atoms with Gasteiger partial charge in [0.05, 0.1) is 29.9 Å². The number of aryl methyl sites for hydroxylation is 2. The molecule has 1 saturated heterocycles. The monoisotopic (exact) mass is 427 g/mol. The maximum Gasteiger partial charge on any atom is 0.233 e. The van der Waals surface area contributed by atoms with Crippen molar-refractivity contribution in [1.29, 1.82) is 0 Å². The minimum Gasteiger partial charge on any atom is -0.379 e. The lowest BCUT2D eigenvalue weighted by atomic mass is 10.1. The van der Waals surface area contributed by atoms with Gasteiger partial charge in [-0.05, 0) is 54.8 Å². The highest BCUT2D eigenvalue weighted by atomic mass is 32.1. The summed E-state index contributed by atoms with van der Waals surface area (Å²) in [5.74, 6) is -0.324. The Morgan fingerprint density at radius 3 is 2.60 bits per heavy atom. The lowest BCUT2D eigenvalue weighted by molar-refractivity contribution is -0.118. The maximum atomic E-state index is 13.2. The van der Waals surface area contributed by atoms with Crippen LogP contribution in [0.1, 0.15) is 16.7 Å². The van der Waals surface area contributed by atoms with Crippen molar-refractivity contribution in [3.63, 3.8) is 0 Å². The number of hydrogen-bond acceptors (Lipinski definition) is 5. The fourth-order valence-corrected chi connectivity index (χ4v) is 4.64. The third-order valence-corrected chi connectivity index (χ3v) is 6.58. The number of thiazole rings is 1. The average molecular weight is 428 g/mol. The molecule has 0 unspecified atom stereocenters. The van der Waals surface area contributed by atoms with E-state index in [0.717, 1.165) is 53.8 Å². The van der Waals surface area contributed by atoms with Crippen molar-refractivity contribution < 1.29 is 13.9 Å². The molecule has 0 spiro atoms. The van der Waals surface area contributed by atoms with Gasteiger partial charge in [0.25, 0.3) is 0 Å². The first-order valence-corrected chi connectivity index (χ1v) is 11.0. The summed E-state index contributed by atoms with van der Waals surface area (Å²) in [6.07, 6.45) is 0.220. The number of ether oxygens (including phenoxy) is 1. The Labute approximate surface area is 180 Å². The molecule has 0 N–H and O–H groups in total. The van der Waals surface area contributed by atoms with E-state index >= 15 is 0 Å². The van der Waals surface area contributed by atoms with Crippen LogP contribution in [0, 0.1) is 19.7 Å². The molecule has 1 aromatic heterocycles. The van der Waals surface area contributed by atoms with Gasteiger partial charge in [0.15, 0.2) is 5.13 Å². The minimum atomic E-state index is -0.299. The van der Waals surface area contributed by atoms with Crippen LogP contribution in [0.2, 0.25) is 0 Å². The molecule has 2 aromatic carbocycles. The molecular weight excluding hydrogens is 401 g/mol. The van der Waals surface area contributed by atoms with Gasteiger partial charge in [0.2, 0.25) is 5.91 Å². The van der Waals surface area contributed by atoms with Crippen LogP contribution in [0.3, 0.4) is 0 Å². The maximum absolute atomic E-state index is 13.2. The first-order valence-electron chi connectivity index (χ1n) is 10.2. The number of anilines is 1. The van der Waals surface area contributed by atoms with E-state index in [1.165, 1.54) is 23.3 Å². The first-order chi connectivity index (χ1) is 14.5. The molecule has 1 amide bonds. The Hall–Kier alpha value is -2.35. The van der Waals surface area contributed by atoms with Crippen LogP contribution in [0.25, 0.3) is 10.2 Å². The number of amides is 1. The predicted molar refractivity (Wildman–Crippen MR) is 119 cm³/mol. The number of carbonyl (C=O) groups is 1. The Kier molecular flexibility index (Phi) is 6.41. The number of morpholine rings is 1. The highest BCUT2D eigenvalue weighted by Gasteiger charge is 2.22. The summed E-state index contributed by atoms with van der Waals surface area (Å²) < 4.78 is 19.7. The Morgan fingerprint density at radius 1 is 1.17 bits per heavy atom. The molecule has 1 aliphatic heterocycles. The lowest BCUT2D eigenvalue weighted by Gasteiger charge is -2.29. The highest BCUT2D eigenvalue weighted by molar-refractivity contribution is 7.22. The fourth-order valence-electron chi connectivity index (χ4n) is 3.55. The summed E-state index contributed by atoms with van der Waals surface area (Å²) in [6, 6.07) is 10.3. The molecule has 5 nitrogen and oxygen atoms in total. The lowest BCUT2D eigenvalue weighted by Crippen LogP contribution is -2.43. The van der Waals surface area contributed by atoms with E-state index in [4.69, 9.17) is 9.72 Å². The van der Waals surface area contributed by atoms with Gasteiger partial charge in [-0.1, -0.05) is 23.5 Å². The standard InChI is InChI=1S/C23H26FN3O2S/c1-16-13-20-21(14-17(16)2)30-23(25-20)27(8-7-26-9-11-29-12-10-26)22(28)15-18-3-5-19(24)6-4-18/h3-6,13-14H,7-12,15H2,1-2H3. The molecule has 3 aromatic rings. The van der Waals surface area contributed by atoms with Crippen LogP contribution in [0.15, 0.2) is 36.4 Å². The zero-order valence-electron chi connectivity index (χ0n) is 17.4. The molecule has 0 radical (unpaired) electrons. The van der Waals surface area contributed by atoms with Crippen molar-refractivity contribution in [2.24, 2.45) is 0 Å². The molecule has 4 rings (SSSR count). The molecule has 0 atom stereocenters. The number of fused-ring (bicyclic) bond motifs is 1. The van der Waals surface area contributed by atoms with Gasteiger partial charge in [0.1, 0.15) is 5.82 Å². The number of rotatable bonds is 6. The number of hydrogen-bond donors (Lipinski definition) is 0. The van der Waals surface area contributed by atoms with Gasteiger partial charge in [0, 0.05) is 26.2 Å². The van der Waals surface area contributed by atoms with Crippen molar-refractivity contribution >= 4 is 32.6 Å². The molecule has 1 aliphatic rings. The quantitative estimate of drug-likeness (QED) is 0.597. The third-order valence-electron chi connectivity index (χ3n) is 5.54. The summed E-state index contributed by atoms with van der Waals surface area (Å²) >= 11 is 1.55. The van der Waals surface area contributed by atoms with Crippen LogP contribution in [-0.4, -0.2) is 55.2 Å². The van der Waals surface area contributed by atoms with E-state index in [9.17, 15) is 9.18 Å². The number of nitrogens with zero attached hydrogens (tertiary/aromatic N) is 3. The van der Waals surface area contributed by atoms with Crippen LogP contribution in [0.4, 0.5) is 9.52 Å². The molecular formula is C23H26FN3O2S. The van der Waals surface area contributed by atoms with E-state index in [2.05, 4.69) is 30.9 Å². The van der Waals surface area contributed by atoms with E-state index in [0.29, 0.717) is 6.54 Å². The molecule has 2 heterocycles. The Balaban J connectivity index is 1.58. The summed E-state index contributed by atoms with van der Waals surface area (Å²) in [7, 11) is 0. The van der Waals surface area contributed by atoms with Crippen molar-refractivity contribution in [2.45, 2.75) is 20.3 Å². The smallest absolute Gasteiger partial charge is 0.233 e. The van der Waals surface area contributed by atoms with Gasteiger partial charge in [-0.15, -0.1) is 0 Å². The average Bonchev–Trinajstić information content (AvgIpc) is 3.13. The van der Waals surface area contributed by atoms with Crippen LogP contribution in [0.5, 0.6) is 0 Å². The summed E-state index contributed by atoms with van der Waals surface area (Å²) in [6.45, 7) is 8.70. The first kappa shape index (κ1) is 20.9. The second-order valence-corrected chi connectivity index (χ2v) is 8.71. The topological polar surface area (TPSA) is 45.7 Å². The van der Waals surface area contributed by atoms with Gasteiger partial charge < -0.3 is 4.74 Å². The second-order valence-electron chi connectivity index (χ2n) is 7.70. The zero-order valence-corrected chi connectivity index (χ0v) is 18.2. The second kappa shape index (κ2) is 9.20. The summed E-state index contributed by atoms with van der Waals surface area (Å²) in [5.41, 5.74) is 4.13. The SMILES string of the molecule is Cc1cc2nc(N(CCN3CCOCC3)C(=O)Cc3ccc(F)cc3)sc2cc1C. The van der Waals surface area contributed by atoms with Crippen LogP contribution >= 0.6 is 11.3 Å². The highest BCUT2D eigenvalue weighted by Crippen LogP contribution is 2.31. The molecule has 0 saturated carbocycles. The minimum absolute atomic E-state index is 0.0256. The molecule has 0 bridgehead atoms. The molecule has 30 heavy (non-hydrogen) atoms. The van der Waals surface area contributed by atoms with E-state index in [-0.39, 0.29) is 18.1 Å². The van der Waals surface area contributed by atoms with Gasteiger partial charge >= 0.3 is 0 Å². The molecule has 7 heteroatoms. The normalized spacial score (nSPS) is 14.9. The van der Waals surface area contributed by atoms with Gasteiger partial charge in [-0.2, -0.15) is 0 Å². The number of carbonyl (C=O) groups excluding carboxylic acids is 1. The zero-order chi connectivity index (χ0) is 21.1. The Bertz CT molecular complexity index is 990. The molecule has 0 aliphatic carbocycles. The number of aromatic nitrogens is 1. The third kappa shape index (κ3) is 4.86. The van der Waals surface area contributed by atoms with Crippen molar-refractivity contribution in [3.05, 3.63) is 58.9 Å². The van der Waals surface area contributed by atoms with Crippen molar-refractivity contribution in [3.8, 4) is 0 Å². The van der Waals surface area contributed by atoms with E-state index in [1.54, 1.807) is 28.4 Å². The predicted octanol–water partition coefficient (Wildman–Crippen LogP) is 3.96. The summed E-state index contributed by atoms with van der Waals surface area (Å²) in [4.78, 5) is 22.1. The fraction of sp³-hybridized carbons (Fsp3) is 0.391. The largest absolute Gasteiger partial charge is 0.379 e. The van der Waals surface area contributed by atoms with Gasteiger partial charge in [-0.3, -0.25) is 14.6 Å². The number of halogens is 1. The van der Waals surface area contributed by atoms with Crippen molar-refractivity contribution in [2.75, 3.05) is 44.3 Å². The summed E-state index contributed by atoms with van der Waals surface area (Å²) in [5, 5.41) is 0.718. The van der Waals surface area contributed by atoms with Gasteiger partial charge in [-0.25, -0.2) is 9.37 Å². The van der Waals surface area contributed by atoms with Crippen molar-refractivity contribution in [1.82, 2.24) is 9.88 Å². The molecule has 158 valence electrons. The number of benzene rings is 2. The van der Waals surface area contributed by atoms with E-state index in [1.807, 2.05) is 0 Å². The van der Waals surface area contributed by atoms with Crippen LogP contribution < -0.4 is 4.90 Å². The van der Waals surface area contributed by atoms with E-state index < -0.39 is 0 Å². The Morgan fingerprint density at radius 2 is 1.87 bits per heavy atom. The molecule has 1 fully saturated rings.